The van der Waals surface area contributed by atoms with Gasteiger partial charge in [-0.15, -0.1) is 5.10 Å². The lowest BCUT2D eigenvalue weighted by molar-refractivity contribution is -0.113. The zero-order chi connectivity index (χ0) is 24.6. The van der Waals surface area contributed by atoms with Crippen LogP contribution in [0.15, 0.2) is 55.1 Å². The highest BCUT2D eigenvalue weighted by Crippen LogP contribution is 2.40. The number of ether oxygens (including phenoxy) is 1. The molecule has 0 unspecified atom stereocenters. The molecule has 1 aliphatic carbocycles. The predicted octanol–water partition coefficient (Wildman–Crippen LogP) is 2.65. The molecule has 2 aliphatic rings. The van der Waals surface area contributed by atoms with E-state index in [0.717, 1.165) is 11.2 Å². The van der Waals surface area contributed by atoms with Crippen molar-refractivity contribution in [3.8, 4) is 0 Å². The summed E-state index contributed by atoms with van der Waals surface area (Å²) in [5.74, 6) is 2.36. The van der Waals surface area contributed by atoms with Crippen LogP contribution in [0.25, 0.3) is 5.52 Å². The van der Waals surface area contributed by atoms with Crippen molar-refractivity contribution >= 4 is 34.8 Å². The maximum absolute atomic E-state index is 13.0. The average molecular weight is 487 g/mol. The fourth-order valence-electron chi connectivity index (χ4n) is 4.49. The molecule has 0 spiro atoms. The van der Waals surface area contributed by atoms with Gasteiger partial charge < -0.3 is 20.3 Å². The standard InChI is InChI=1S/C24H26N10O2/c1-14(23(35)28-21-12-25-7-8-26-21)19-10-16(36-2)13-33(19)24-29-22(18-4-3-9-34(18)32-24)27-20-11-17(30-31-20)15-5-6-15/h3-4,7-9,11-12,15-16,19H,1,5-6,10,13H2,2H3,(H,26,28,35)(H2,27,29,30,31,32)/t16-,19-/m0/s1. The van der Waals surface area contributed by atoms with Crippen LogP contribution in [0.2, 0.25) is 0 Å². The van der Waals surface area contributed by atoms with Crippen molar-refractivity contribution in [2.75, 3.05) is 29.2 Å². The molecule has 184 valence electrons. The number of rotatable bonds is 8. The maximum atomic E-state index is 13.0. The second-order valence-electron chi connectivity index (χ2n) is 9.04. The SMILES string of the molecule is C=C(C(=O)Nc1cnccn1)[C@@H]1C[C@H](OC)CN1c1nc(Nc2cc(C3CC3)[nH]n2)c2cccn2n1. The lowest BCUT2D eigenvalue weighted by Crippen LogP contribution is -2.36. The summed E-state index contributed by atoms with van der Waals surface area (Å²) in [6, 6.07) is 5.51. The van der Waals surface area contributed by atoms with Crippen LogP contribution in [-0.4, -0.2) is 66.5 Å². The number of aromatic nitrogens is 7. The molecular weight excluding hydrogens is 460 g/mol. The van der Waals surface area contributed by atoms with Crippen LogP contribution in [0.1, 0.15) is 30.9 Å². The fourth-order valence-corrected chi connectivity index (χ4v) is 4.49. The monoisotopic (exact) mass is 486 g/mol. The Kier molecular flexibility index (Phi) is 5.56. The second kappa shape index (κ2) is 9.04. The minimum Gasteiger partial charge on any atom is -0.380 e. The number of hydrogen-bond acceptors (Lipinski definition) is 9. The molecule has 4 aromatic heterocycles. The molecule has 1 amide bonds. The second-order valence-corrected chi connectivity index (χ2v) is 9.04. The van der Waals surface area contributed by atoms with Gasteiger partial charge in [0.25, 0.3) is 5.91 Å². The Hall–Kier alpha value is -4.32. The molecule has 0 radical (unpaired) electrons. The van der Waals surface area contributed by atoms with Gasteiger partial charge in [0.05, 0.1) is 18.3 Å². The van der Waals surface area contributed by atoms with E-state index in [4.69, 9.17) is 14.8 Å². The molecule has 2 fully saturated rings. The minimum atomic E-state index is -0.362. The number of aromatic amines is 1. The van der Waals surface area contributed by atoms with Gasteiger partial charge in [-0.3, -0.25) is 14.9 Å². The third-order valence-corrected chi connectivity index (χ3v) is 6.59. The number of fused-ring (bicyclic) bond motifs is 1. The third-order valence-electron chi connectivity index (χ3n) is 6.59. The van der Waals surface area contributed by atoms with E-state index in [1.165, 1.54) is 25.2 Å². The van der Waals surface area contributed by atoms with Crippen LogP contribution >= 0.6 is 0 Å². The van der Waals surface area contributed by atoms with Gasteiger partial charge in [0.2, 0.25) is 5.95 Å². The van der Waals surface area contributed by atoms with Crippen molar-refractivity contribution < 1.29 is 9.53 Å². The van der Waals surface area contributed by atoms with Crippen LogP contribution in [0.4, 0.5) is 23.4 Å². The van der Waals surface area contributed by atoms with Crippen LogP contribution in [0.3, 0.4) is 0 Å². The molecule has 4 aromatic rings. The van der Waals surface area contributed by atoms with E-state index < -0.39 is 0 Å². The number of nitrogens with zero attached hydrogens (tertiary/aromatic N) is 7. The maximum Gasteiger partial charge on any atom is 0.254 e. The van der Waals surface area contributed by atoms with E-state index in [1.807, 2.05) is 29.3 Å². The number of hydrogen-bond donors (Lipinski definition) is 3. The zero-order valence-electron chi connectivity index (χ0n) is 19.8. The Labute approximate surface area is 206 Å². The average Bonchev–Trinajstić information content (AvgIpc) is 3.28. The Morgan fingerprint density at radius 1 is 1.28 bits per heavy atom. The molecule has 12 nitrogen and oxygen atoms in total. The number of carbonyl (C=O) groups is 1. The van der Waals surface area contributed by atoms with Gasteiger partial charge in [0, 0.05) is 61.9 Å². The Balaban J connectivity index is 1.29. The van der Waals surface area contributed by atoms with Crippen molar-refractivity contribution in [1.82, 2.24) is 34.8 Å². The molecular formula is C24H26N10O2. The first kappa shape index (κ1) is 22.2. The lowest BCUT2D eigenvalue weighted by atomic mass is 10.1. The van der Waals surface area contributed by atoms with Crippen molar-refractivity contribution in [2.45, 2.75) is 37.3 Å². The molecule has 12 heteroatoms. The summed E-state index contributed by atoms with van der Waals surface area (Å²) < 4.78 is 7.40. The van der Waals surface area contributed by atoms with E-state index in [-0.39, 0.29) is 18.1 Å². The molecule has 1 aliphatic heterocycles. The highest BCUT2D eigenvalue weighted by Gasteiger charge is 2.38. The number of amides is 1. The zero-order valence-corrected chi connectivity index (χ0v) is 19.8. The summed E-state index contributed by atoms with van der Waals surface area (Å²) in [5.41, 5.74) is 2.31. The van der Waals surface area contributed by atoms with Gasteiger partial charge >= 0.3 is 0 Å². The number of anilines is 4. The van der Waals surface area contributed by atoms with Gasteiger partial charge in [-0.2, -0.15) is 10.1 Å². The summed E-state index contributed by atoms with van der Waals surface area (Å²) in [4.78, 5) is 27.9. The minimum absolute atomic E-state index is 0.108. The molecule has 0 aromatic carbocycles. The molecule has 3 N–H and O–H groups in total. The van der Waals surface area contributed by atoms with E-state index in [0.29, 0.717) is 47.9 Å². The summed E-state index contributed by atoms with van der Waals surface area (Å²) in [6.45, 7) is 4.61. The highest BCUT2D eigenvalue weighted by molar-refractivity contribution is 6.04. The fraction of sp³-hybridized carbons (Fsp3) is 0.333. The Morgan fingerprint density at radius 2 is 2.17 bits per heavy atom. The van der Waals surface area contributed by atoms with Crippen molar-refractivity contribution in [3.05, 3.63) is 60.8 Å². The van der Waals surface area contributed by atoms with Crippen LogP contribution in [0.5, 0.6) is 0 Å². The summed E-state index contributed by atoms with van der Waals surface area (Å²) in [6.07, 6.45) is 9.25. The number of carbonyl (C=O) groups excluding carboxylic acids is 1. The highest BCUT2D eigenvalue weighted by atomic mass is 16.5. The van der Waals surface area contributed by atoms with Crippen LogP contribution in [-0.2, 0) is 9.53 Å². The number of H-pyrrole nitrogens is 1. The quantitative estimate of drug-likeness (QED) is 0.321. The lowest BCUT2D eigenvalue weighted by Gasteiger charge is -2.26. The van der Waals surface area contributed by atoms with E-state index in [1.54, 1.807) is 17.8 Å². The molecule has 5 heterocycles. The van der Waals surface area contributed by atoms with Gasteiger partial charge in [0.1, 0.15) is 5.52 Å². The Bertz CT molecular complexity index is 1410. The third kappa shape index (κ3) is 4.26. The van der Waals surface area contributed by atoms with Gasteiger partial charge in [-0.1, -0.05) is 6.58 Å². The number of methoxy groups -OCH3 is 1. The largest absolute Gasteiger partial charge is 0.380 e. The molecule has 36 heavy (non-hydrogen) atoms. The molecule has 2 atom stereocenters. The van der Waals surface area contributed by atoms with Gasteiger partial charge in [-0.25, -0.2) is 9.50 Å². The first-order valence-electron chi connectivity index (χ1n) is 11.8. The summed E-state index contributed by atoms with van der Waals surface area (Å²) in [5, 5.41) is 18.3. The van der Waals surface area contributed by atoms with Gasteiger partial charge in [0.15, 0.2) is 17.5 Å². The summed E-state index contributed by atoms with van der Waals surface area (Å²) in [7, 11) is 1.66. The van der Waals surface area contributed by atoms with Crippen molar-refractivity contribution in [3.63, 3.8) is 0 Å². The van der Waals surface area contributed by atoms with Crippen molar-refractivity contribution in [1.29, 1.82) is 0 Å². The molecule has 0 bridgehead atoms. The molecule has 1 saturated carbocycles. The number of nitrogens with one attached hydrogen (secondary N) is 3. The predicted molar refractivity (Wildman–Crippen MR) is 133 cm³/mol. The normalized spacial score (nSPS) is 19.5. The van der Waals surface area contributed by atoms with Gasteiger partial charge in [-0.05, 0) is 25.0 Å². The smallest absolute Gasteiger partial charge is 0.254 e. The first-order valence-corrected chi connectivity index (χ1v) is 11.8. The molecule has 6 rings (SSSR count). The summed E-state index contributed by atoms with van der Waals surface area (Å²) >= 11 is 0. The molecule has 1 saturated heterocycles. The first-order chi connectivity index (χ1) is 17.6. The van der Waals surface area contributed by atoms with Crippen molar-refractivity contribution in [2.24, 2.45) is 0 Å². The van der Waals surface area contributed by atoms with E-state index in [9.17, 15) is 4.79 Å². The van der Waals surface area contributed by atoms with E-state index >= 15 is 0 Å². The van der Waals surface area contributed by atoms with Crippen LogP contribution in [0, 0.1) is 0 Å². The van der Waals surface area contributed by atoms with E-state index in [2.05, 4.69) is 37.4 Å². The topological polar surface area (TPSA) is 138 Å². The van der Waals surface area contributed by atoms with Crippen LogP contribution < -0.4 is 15.5 Å². The Morgan fingerprint density at radius 3 is 2.94 bits per heavy atom.